The van der Waals surface area contributed by atoms with Crippen molar-refractivity contribution in [3.8, 4) is 6.07 Å². The number of nitriles is 1. The highest BCUT2D eigenvalue weighted by Crippen LogP contribution is 2.13. The van der Waals surface area contributed by atoms with E-state index in [0.717, 1.165) is 6.07 Å². The van der Waals surface area contributed by atoms with Crippen LogP contribution in [-0.2, 0) is 6.54 Å². The van der Waals surface area contributed by atoms with Gasteiger partial charge in [-0.3, -0.25) is 4.90 Å². The second kappa shape index (κ2) is 5.57. The molecule has 0 fully saturated rings. The lowest BCUT2D eigenvalue weighted by molar-refractivity contribution is 0.249. The van der Waals surface area contributed by atoms with Crippen LogP contribution in [-0.4, -0.2) is 18.0 Å². The quantitative estimate of drug-likeness (QED) is 0.786. The van der Waals surface area contributed by atoms with Crippen LogP contribution in [0.15, 0.2) is 18.2 Å². The summed E-state index contributed by atoms with van der Waals surface area (Å²) >= 11 is 0. The van der Waals surface area contributed by atoms with E-state index in [-0.39, 0.29) is 6.04 Å². The Balaban J connectivity index is 2.70. The van der Waals surface area contributed by atoms with Crippen molar-refractivity contribution in [1.82, 2.24) is 4.90 Å². The standard InChI is InChI=1S/C12H14F2N2/c1-9(5-6-15)16(2)8-10-3-4-11(13)7-12(10)14/h3-4,7,9H,5,8H2,1-2H3. The first-order valence-corrected chi connectivity index (χ1v) is 5.05. The molecular weight excluding hydrogens is 210 g/mol. The molecule has 0 aliphatic carbocycles. The van der Waals surface area contributed by atoms with Crippen molar-refractivity contribution in [3.05, 3.63) is 35.4 Å². The van der Waals surface area contributed by atoms with Gasteiger partial charge in [-0.15, -0.1) is 0 Å². The van der Waals surface area contributed by atoms with Crippen molar-refractivity contribution in [3.63, 3.8) is 0 Å². The zero-order chi connectivity index (χ0) is 12.1. The summed E-state index contributed by atoms with van der Waals surface area (Å²) < 4.78 is 26.0. The summed E-state index contributed by atoms with van der Waals surface area (Å²) in [5, 5.41) is 8.54. The normalized spacial score (nSPS) is 12.5. The van der Waals surface area contributed by atoms with Gasteiger partial charge in [-0.25, -0.2) is 8.78 Å². The number of hydrogen-bond donors (Lipinski definition) is 0. The Morgan fingerprint density at radius 1 is 1.44 bits per heavy atom. The van der Waals surface area contributed by atoms with E-state index < -0.39 is 11.6 Å². The van der Waals surface area contributed by atoms with E-state index in [4.69, 9.17) is 5.26 Å². The van der Waals surface area contributed by atoms with Crippen LogP contribution in [0.25, 0.3) is 0 Å². The molecule has 0 bridgehead atoms. The highest BCUT2D eigenvalue weighted by Gasteiger charge is 2.11. The Hall–Kier alpha value is -1.47. The van der Waals surface area contributed by atoms with Crippen LogP contribution in [0.3, 0.4) is 0 Å². The van der Waals surface area contributed by atoms with E-state index in [9.17, 15) is 8.78 Å². The van der Waals surface area contributed by atoms with Crippen LogP contribution in [0.2, 0.25) is 0 Å². The first-order valence-electron chi connectivity index (χ1n) is 5.05. The van der Waals surface area contributed by atoms with Crippen LogP contribution >= 0.6 is 0 Å². The first-order chi connectivity index (χ1) is 7.54. The van der Waals surface area contributed by atoms with Gasteiger partial charge in [-0.2, -0.15) is 5.26 Å². The molecule has 16 heavy (non-hydrogen) atoms. The Bertz CT molecular complexity index is 398. The van der Waals surface area contributed by atoms with E-state index >= 15 is 0 Å². The summed E-state index contributed by atoms with van der Waals surface area (Å²) in [5.74, 6) is -1.12. The monoisotopic (exact) mass is 224 g/mol. The molecule has 1 aromatic rings. The minimum Gasteiger partial charge on any atom is -0.298 e. The lowest BCUT2D eigenvalue weighted by Gasteiger charge is -2.22. The van der Waals surface area contributed by atoms with E-state index in [1.165, 1.54) is 12.1 Å². The van der Waals surface area contributed by atoms with Gasteiger partial charge in [0.25, 0.3) is 0 Å². The van der Waals surface area contributed by atoms with E-state index in [1.54, 1.807) is 0 Å². The highest BCUT2D eigenvalue weighted by molar-refractivity contribution is 5.18. The molecule has 0 radical (unpaired) electrons. The Labute approximate surface area is 94.1 Å². The fourth-order valence-electron chi connectivity index (χ4n) is 1.36. The molecule has 0 saturated carbocycles. The summed E-state index contributed by atoms with van der Waals surface area (Å²) in [7, 11) is 1.81. The Kier molecular flexibility index (Phi) is 4.39. The molecule has 1 atom stereocenters. The molecule has 0 heterocycles. The average molecular weight is 224 g/mol. The smallest absolute Gasteiger partial charge is 0.130 e. The molecule has 0 saturated heterocycles. The maximum atomic E-state index is 13.3. The van der Waals surface area contributed by atoms with Crippen molar-refractivity contribution < 1.29 is 8.78 Å². The SMILES string of the molecule is CC(CC#N)N(C)Cc1ccc(F)cc1F. The number of benzene rings is 1. The molecule has 0 aliphatic rings. The second-order valence-corrected chi connectivity index (χ2v) is 3.86. The van der Waals surface area contributed by atoms with Gasteiger partial charge in [0.2, 0.25) is 0 Å². The van der Waals surface area contributed by atoms with Crippen LogP contribution in [0.5, 0.6) is 0 Å². The minimum atomic E-state index is -0.575. The molecule has 86 valence electrons. The lowest BCUT2D eigenvalue weighted by atomic mass is 10.1. The van der Waals surface area contributed by atoms with Crippen molar-refractivity contribution in [2.45, 2.75) is 25.9 Å². The number of hydrogen-bond acceptors (Lipinski definition) is 2. The zero-order valence-corrected chi connectivity index (χ0v) is 9.37. The van der Waals surface area contributed by atoms with Crippen molar-refractivity contribution >= 4 is 0 Å². The van der Waals surface area contributed by atoms with Crippen LogP contribution in [0, 0.1) is 23.0 Å². The topological polar surface area (TPSA) is 27.0 Å². The molecule has 1 unspecified atom stereocenters. The van der Waals surface area contributed by atoms with E-state index in [2.05, 4.69) is 6.07 Å². The summed E-state index contributed by atoms with van der Waals surface area (Å²) in [6.07, 6.45) is 0.388. The number of halogens is 2. The highest BCUT2D eigenvalue weighted by atomic mass is 19.1. The van der Waals surface area contributed by atoms with E-state index in [0.29, 0.717) is 18.5 Å². The van der Waals surface area contributed by atoms with Gasteiger partial charge in [0, 0.05) is 24.2 Å². The van der Waals surface area contributed by atoms with Gasteiger partial charge in [0.05, 0.1) is 12.5 Å². The maximum absolute atomic E-state index is 13.3. The van der Waals surface area contributed by atoms with Crippen LogP contribution < -0.4 is 0 Å². The molecule has 0 spiro atoms. The van der Waals surface area contributed by atoms with Crippen molar-refractivity contribution in [2.75, 3.05) is 7.05 Å². The molecular formula is C12H14F2N2. The van der Waals surface area contributed by atoms with Crippen molar-refractivity contribution in [2.24, 2.45) is 0 Å². The fraction of sp³-hybridized carbons (Fsp3) is 0.417. The van der Waals surface area contributed by atoms with Gasteiger partial charge < -0.3 is 0 Å². The Morgan fingerprint density at radius 2 is 2.12 bits per heavy atom. The molecule has 0 N–H and O–H groups in total. The Morgan fingerprint density at radius 3 is 2.69 bits per heavy atom. The second-order valence-electron chi connectivity index (χ2n) is 3.86. The van der Waals surface area contributed by atoms with Gasteiger partial charge >= 0.3 is 0 Å². The van der Waals surface area contributed by atoms with Gasteiger partial charge in [-0.1, -0.05) is 6.07 Å². The molecule has 2 nitrogen and oxygen atoms in total. The predicted molar refractivity (Wildman–Crippen MR) is 57.5 cm³/mol. The van der Waals surface area contributed by atoms with Crippen LogP contribution in [0.4, 0.5) is 8.78 Å². The molecule has 1 aromatic carbocycles. The minimum absolute atomic E-state index is 0.0504. The lowest BCUT2D eigenvalue weighted by Crippen LogP contribution is -2.28. The molecule has 0 aromatic heterocycles. The third-order valence-corrected chi connectivity index (χ3v) is 2.57. The fourth-order valence-corrected chi connectivity index (χ4v) is 1.36. The van der Waals surface area contributed by atoms with Gasteiger partial charge in [0.1, 0.15) is 11.6 Å². The summed E-state index contributed by atoms with van der Waals surface area (Å²) in [4.78, 5) is 1.86. The van der Waals surface area contributed by atoms with Crippen LogP contribution in [0.1, 0.15) is 18.9 Å². The molecule has 4 heteroatoms. The summed E-state index contributed by atoms with van der Waals surface area (Å²) in [5.41, 5.74) is 0.439. The largest absolute Gasteiger partial charge is 0.298 e. The maximum Gasteiger partial charge on any atom is 0.130 e. The predicted octanol–water partition coefficient (Wildman–Crippen LogP) is 2.70. The van der Waals surface area contributed by atoms with Crippen molar-refractivity contribution in [1.29, 1.82) is 5.26 Å². The van der Waals surface area contributed by atoms with Gasteiger partial charge in [0.15, 0.2) is 0 Å². The third-order valence-electron chi connectivity index (χ3n) is 2.57. The van der Waals surface area contributed by atoms with Gasteiger partial charge in [-0.05, 0) is 20.0 Å². The van der Waals surface area contributed by atoms with E-state index in [1.807, 2.05) is 18.9 Å². The number of nitrogens with zero attached hydrogens (tertiary/aromatic N) is 2. The third kappa shape index (κ3) is 3.28. The average Bonchev–Trinajstić information content (AvgIpc) is 2.22. The zero-order valence-electron chi connectivity index (χ0n) is 9.37. The summed E-state index contributed by atoms with van der Waals surface area (Å²) in [6, 6.07) is 5.65. The first kappa shape index (κ1) is 12.6. The molecule has 1 rings (SSSR count). The number of rotatable bonds is 4. The molecule has 0 aliphatic heterocycles. The molecule has 0 amide bonds. The summed E-state index contributed by atoms with van der Waals surface area (Å²) in [6.45, 7) is 2.26.